The Morgan fingerprint density at radius 1 is 1.30 bits per heavy atom. The molecule has 3 N–H and O–H groups in total. The summed E-state index contributed by atoms with van der Waals surface area (Å²) in [6, 6.07) is 4.55. The number of benzene rings is 1. The molecule has 0 aliphatic carbocycles. The summed E-state index contributed by atoms with van der Waals surface area (Å²) in [6.07, 6.45) is 3.18. The van der Waals surface area contributed by atoms with Gasteiger partial charge in [0, 0.05) is 18.7 Å². The molecule has 2 heterocycles. The second kappa shape index (κ2) is 5.53. The lowest BCUT2D eigenvalue weighted by molar-refractivity contribution is 0.0612. The van der Waals surface area contributed by atoms with Gasteiger partial charge in [-0.05, 0) is 18.2 Å². The van der Waals surface area contributed by atoms with E-state index in [1.54, 1.807) is 18.2 Å². The van der Waals surface area contributed by atoms with Gasteiger partial charge in [0.1, 0.15) is 11.9 Å². The van der Waals surface area contributed by atoms with E-state index in [2.05, 4.69) is 15.9 Å². The Morgan fingerprint density at radius 2 is 2.09 bits per heavy atom. The Balaban J connectivity index is 2.00. The van der Waals surface area contributed by atoms with Crippen LogP contribution >= 0.6 is 0 Å². The van der Waals surface area contributed by atoms with Crippen LogP contribution in [0.3, 0.4) is 0 Å². The van der Waals surface area contributed by atoms with Crippen LogP contribution in [0.25, 0.3) is 11.0 Å². The highest BCUT2D eigenvalue weighted by Gasteiger charge is 2.35. The quantitative estimate of drug-likeness (QED) is 0.692. The number of H-pyrrole nitrogens is 1. The van der Waals surface area contributed by atoms with Crippen molar-refractivity contribution in [3.05, 3.63) is 29.6 Å². The predicted octanol–water partition coefficient (Wildman–Crippen LogP) is 1.56. The van der Waals surface area contributed by atoms with Crippen molar-refractivity contribution in [3.63, 3.8) is 0 Å². The van der Waals surface area contributed by atoms with Crippen LogP contribution in [0.2, 0.25) is 0 Å². The number of imidazole rings is 1. The third kappa shape index (κ3) is 2.64. The summed E-state index contributed by atoms with van der Waals surface area (Å²) in [5.74, 6) is 2.92. The van der Waals surface area contributed by atoms with E-state index in [0.29, 0.717) is 22.4 Å². The lowest BCUT2D eigenvalue weighted by Gasteiger charge is -2.37. The average Bonchev–Trinajstić information content (AvgIpc) is 2.96. The van der Waals surface area contributed by atoms with Crippen LogP contribution in [-0.2, 0) is 0 Å². The molecule has 1 atom stereocenters. The van der Waals surface area contributed by atoms with Crippen LogP contribution in [0.4, 0.5) is 9.59 Å². The van der Waals surface area contributed by atoms with Crippen LogP contribution in [0.15, 0.2) is 18.2 Å². The predicted molar refractivity (Wildman–Crippen MR) is 81.1 cm³/mol. The van der Waals surface area contributed by atoms with E-state index in [1.165, 1.54) is 9.80 Å². The van der Waals surface area contributed by atoms with Gasteiger partial charge in [-0.25, -0.2) is 14.6 Å². The normalized spacial score (nSPS) is 18.0. The summed E-state index contributed by atoms with van der Waals surface area (Å²) >= 11 is 0. The number of hydrogen-bond acceptors (Lipinski definition) is 3. The van der Waals surface area contributed by atoms with Crippen LogP contribution in [0, 0.1) is 12.3 Å². The third-order valence-corrected chi connectivity index (χ3v) is 3.88. The molecule has 0 saturated carbocycles. The first-order chi connectivity index (χ1) is 11.0. The molecular weight excluding hydrogens is 300 g/mol. The lowest BCUT2D eigenvalue weighted by Crippen LogP contribution is -2.52. The van der Waals surface area contributed by atoms with E-state index in [0.717, 1.165) is 0 Å². The van der Waals surface area contributed by atoms with Gasteiger partial charge in [-0.2, -0.15) is 0 Å². The third-order valence-electron chi connectivity index (χ3n) is 3.88. The first kappa shape index (κ1) is 14.7. The van der Waals surface area contributed by atoms with Crippen LogP contribution in [-0.4, -0.2) is 61.8 Å². The summed E-state index contributed by atoms with van der Waals surface area (Å²) in [7, 11) is 0. The molecule has 23 heavy (non-hydrogen) atoms. The first-order valence-corrected chi connectivity index (χ1v) is 6.93. The smallest absolute Gasteiger partial charge is 0.408 e. The van der Waals surface area contributed by atoms with E-state index in [9.17, 15) is 14.7 Å². The van der Waals surface area contributed by atoms with Gasteiger partial charge in [0.2, 0.25) is 0 Å². The standard InChI is InChI=1S/C15H14N4O4/c1-2-9-3-4-10-11(7-9)17-13(16-10)12-8-18(14(20)21)5-6-19(12)15(22)23/h1,3-4,7,12H,5-6,8H2,(H,16,17)(H,20,21)(H,22,23)/t12-/m0/s1. The number of carboxylic acid groups (broad SMARTS) is 2. The van der Waals surface area contributed by atoms with Gasteiger partial charge < -0.3 is 20.1 Å². The van der Waals surface area contributed by atoms with Crippen molar-refractivity contribution in [1.29, 1.82) is 0 Å². The number of piperazine rings is 1. The van der Waals surface area contributed by atoms with Crippen molar-refractivity contribution in [2.24, 2.45) is 0 Å². The minimum atomic E-state index is -1.11. The number of fused-ring (bicyclic) bond motifs is 1. The number of nitrogens with one attached hydrogen (secondary N) is 1. The number of aromatic amines is 1. The molecule has 0 radical (unpaired) electrons. The number of terminal acetylenes is 1. The molecule has 0 spiro atoms. The van der Waals surface area contributed by atoms with Gasteiger partial charge in [-0.15, -0.1) is 6.42 Å². The van der Waals surface area contributed by atoms with Gasteiger partial charge >= 0.3 is 12.2 Å². The molecule has 1 fully saturated rings. The minimum absolute atomic E-state index is 0.0312. The van der Waals surface area contributed by atoms with Crippen molar-refractivity contribution in [3.8, 4) is 12.3 Å². The molecule has 1 aromatic heterocycles. The van der Waals surface area contributed by atoms with Crippen molar-refractivity contribution < 1.29 is 19.8 Å². The zero-order valence-corrected chi connectivity index (χ0v) is 12.1. The molecule has 2 amide bonds. The van der Waals surface area contributed by atoms with E-state index < -0.39 is 18.2 Å². The number of hydrogen-bond donors (Lipinski definition) is 3. The number of carbonyl (C=O) groups is 2. The van der Waals surface area contributed by atoms with E-state index in [4.69, 9.17) is 11.5 Å². The summed E-state index contributed by atoms with van der Waals surface area (Å²) in [6.45, 7) is 0.266. The van der Waals surface area contributed by atoms with Crippen molar-refractivity contribution >= 4 is 23.2 Å². The van der Waals surface area contributed by atoms with Crippen LogP contribution < -0.4 is 0 Å². The maximum atomic E-state index is 11.4. The maximum absolute atomic E-state index is 11.4. The van der Waals surface area contributed by atoms with E-state index in [-0.39, 0.29) is 19.6 Å². The molecule has 2 aromatic rings. The first-order valence-electron chi connectivity index (χ1n) is 6.93. The van der Waals surface area contributed by atoms with Gasteiger partial charge in [-0.1, -0.05) is 5.92 Å². The number of amides is 2. The zero-order chi connectivity index (χ0) is 16.6. The van der Waals surface area contributed by atoms with Crippen molar-refractivity contribution in [1.82, 2.24) is 19.8 Å². The molecule has 1 aliphatic heterocycles. The second-order valence-electron chi connectivity index (χ2n) is 5.22. The Hall–Kier alpha value is -3.21. The molecular formula is C15H14N4O4. The second-order valence-corrected chi connectivity index (χ2v) is 5.22. The van der Waals surface area contributed by atoms with Gasteiger partial charge in [0.05, 0.1) is 17.6 Å². The lowest BCUT2D eigenvalue weighted by atomic mass is 10.1. The van der Waals surface area contributed by atoms with Crippen molar-refractivity contribution in [2.45, 2.75) is 6.04 Å². The summed E-state index contributed by atoms with van der Waals surface area (Å²) in [5.41, 5.74) is 2.02. The molecule has 8 nitrogen and oxygen atoms in total. The molecule has 1 saturated heterocycles. The monoisotopic (exact) mass is 314 g/mol. The molecule has 118 valence electrons. The van der Waals surface area contributed by atoms with Gasteiger partial charge in [0.25, 0.3) is 0 Å². The zero-order valence-electron chi connectivity index (χ0n) is 12.1. The number of nitrogens with zero attached hydrogens (tertiary/aromatic N) is 3. The largest absolute Gasteiger partial charge is 0.465 e. The minimum Gasteiger partial charge on any atom is -0.465 e. The highest BCUT2D eigenvalue weighted by Crippen LogP contribution is 2.26. The molecule has 8 heteroatoms. The summed E-state index contributed by atoms with van der Waals surface area (Å²) in [4.78, 5) is 32.4. The highest BCUT2D eigenvalue weighted by molar-refractivity contribution is 5.77. The van der Waals surface area contributed by atoms with Crippen LogP contribution in [0.1, 0.15) is 17.4 Å². The fourth-order valence-electron chi connectivity index (χ4n) is 2.70. The summed E-state index contributed by atoms with van der Waals surface area (Å²) in [5, 5.41) is 18.5. The van der Waals surface area contributed by atoms with Crippen molar-refractivity contribution in [2.75, 3.05) is 19.6 Å². The Labute approximate surface area is 131 Å². The number of rotatable bonds is 1. The van der Waals surface area contributed by atoms with Gasteiger partial charge in [-0.3, -0.25) is 4.90 Å². The molecule has 1 aromatic carbocycles. The molecule has 1 aliphatic rings. The van der Waals surface area contributed by atoms with Gasteiger partial charge in [0.15, 0.2) is 0 Å². The number of aromatic nitrogens is 2. The van der Waals surface area contributed by atoms with E-state index >= 15 is 0 Å². The topological polar surface area (TPSA) is 110 Å². The Morgan fingerprint density at radius 3 is 2.74 bits per heavy atom. The fraction of sp³-hybridized carbons (Fsp3) is 0.267. The fourth-order valence-corrected chi connectivity index (χ4v) is 2.70. The Bertz CT molecular complexity index is 822. The molecule has 0 unspecified atom stereocenters. The molecule has 3 rings (SSSR count). The average molecular weight is 314 g/mol. The molecule has 0 bridgehead atoms. The van der Waals surface area contributed by atoms with Crippen LogP contribution in [0.5, 0.6) is 0 Å². The maximum Gasteiger partial charge on any atom is 0.408 e. The Kier molecular flexibility index (Phi) is 3.54. The SMILES string of the molecule is C#Cc1ccc2nc([C@@H]3CN(C(=O)O)CCN3C(=O)O)[nH]c2c1. The van der Waals surface area contributed by atoms with E-state index in [1.807, 2.05) is 0 Å². The summed E-state index contributed by atoms with van der Waals surface area (Å²) < 4.78 is 0. The highest BCUT2D eigenvalue weighted by atomic mass is 16.4.